The molecule has 0 bridgehead atoms. The Balaban J connectivity index is 1.42. The third-order valence-corrected chi connectivity index (χ3v) is 7.01. The number of aryl methyl sites for hydroxylation is 1. The first-order chi connectivity index (χ1) is 16.8. The minimum atomic E-state index is -0.496. The number of aromatic nitrogens is 2. The number of anilines is 1. The first kappa shape index (κ1) is 25.4. The zero-order valence-corrected chi connectivity index (χ0v) is 21.5. The lowest BCUT2D eigenvalue weighted by molar-refractivity contribution is -0.134. The van der Waals surface area contributed by atoms with Crippen LogP contribution in [0.15, 0.2) is 30.6 Å². The number of benzene rings is 1. The highest BCUT2D eigenvalue weighted by molar-refractivity contribution is 6.30. The molecule has 2 heterocycles. The molecule has 1 aliphatic carbocycles. The second-order valence-corrected chi connectivity index (χ2v) is 10.2. The Hall–Kier alpha value is -2.71. The maximum atomic E-state index is 13.5. The lowest BCUT2D eigenvalue weighted by atomic mass is 10.0. The van der Waals surface area contributed by atoms with E-state index in [0.29, 0.717) is 30.5 Å². The predicted molar refractivity (Wildman–Crippen MR) is 138 cm³/mol. The van der Waals surface area contributed by atoms with Crippen LogP contribution in [0.2, 0.25) is 5.02 Å². The van der Waals surface area contributed by atoms with E-state index in [0.717, 1.165) is 43.0 Å². The molecule has 2 aliphatic rings. The number of fused-ring (bicyclic) bond motifs is 1. The monoisotopic (exact) mass is 498 g/mol. The molecule has 0 unspecified atom stereocenters. The maximum absolute atomic E-state index is 13.5. The van der Waals surface area contributed by atoms with Crippen molar-refractivity contribution in [2.75, 3.05) is 37.6 Å². The van der Waals surface area contributed by atoms with Crippen LogP contribution in [-0.4, -0.2) is 71.5 Å². The second kappa shape index (κ2) is 11.4. The highest BCUT2D eigenvalue weighted by atomic mass is 35.5. The SMILES string of the molecule is CC(C)NC(=O)CN[C@H](Cc1ccc(Cl)cc1)C(=O)N1CCN(c2ncnc3c2[C@H](C)CC3)CC1. The fourth-order valence-electron chi connectivity index (χ4n) is 4.93. The molecule has 4 rings (SSSR count). The van der Waals surface area contributed by atoms with Crippen molar-refractivity contribution in [1.82, 2.24) is 25.5 Å². The van der Waals surface area contributed by atoms with Crippen LogP contribution in [0.3, 0.4) is 0 Å². The molecule has 9 heteroatoms. The summed E-state index contributed by atoms with van der Waals surface area (Å²) < 4.78 is 0. The van der Waals surface area contributed by atoms with Crippen molar-refractivity contribution in [3.8, 4) is 0 Å². The summed E-state index contributed by atoms with van der Waals surface area (Å²) in [5, 5.41) is 6.73. The summed E-state index contributed by atoms with van der Waals surface area (Å²) in [5.41, 5.74) is 3.42. The lowest BCUT2D eigenvalue weighted by Gasteiger charge is -2.38. The van der Waals surface area contributed by atoms with Gasteiger partial charge in [0.05, 0.1) is 12.6 Å². The molecule has 1 saturated heterocycles. The van der Waals surface area contributed by atoms with Crippen molar-refractivity contribution in [3.63, 3.8) is 0 Å². The number of nitrogens with zero attached hydrogens (tertiary/aromatic N) is 4. The van der Waals surface area contributed by atoms with Crippen molar-refractivity contribution >= 4 is 29.2 Å². The molecule has 35 heavy (non-hydrogen) atoms. The van der Waals surface area contributed by atoms with Crippen molar-refractivity contribution < 1.29 is 9.59 Å². The van der Waals surface area contributed by atoms with Gasteiger partial charge < -0.3 is 15.1 Å². The van der Waals surface area contributed by atoms with E-state index in [4.69, 9.17) is 11.6 Å². The van der Waals surface area contributed by atoms with Gasteiger partial charge in [-0.05, 0) is 56.7 Å². The molecule has 1 fully saturated rings. The molecular formula is C26H35ClN6O2. The van der Waals surface area contributed by atoms with Gasteiger partial charge in [-0.2, -0.15) is 0 Å². The van der Waals surface area contributed by atoms with Gasteiger partial charge in [-0.25, -0.2) is 9.97 Å². The van der Waals surface area contributed by atoms with E-state index in [-0.39, 0.29) is 24.4 Å². The standard InChI is InChI=1S/C26H35ClN6O2/c1-17(2)31-23(34)15-28-22(14-19-5-7-20(27)8-6-19)26(35)33-12-10-32(11-13-33)25-24-18(3)4-9-21(24)29-16-30-25/h5-8,16-18,22,28H,4,9-15H2,1-3H3,(H,31,34)/t18-,22-/m1/s1. The lowest BCUT2D eigenvalue weighted by Crippen LogP contribution is -2.56. The summed E-state index contributed by atoms with van der Waals surface area (Å²) >= 11 is 6.03. The van der Waals surface area contributed by atoms with E-state index in [1.807, 2.05) is 43.0 Å². The Kier molecular flexibility index (Phi) is 8.23. The maximum Gasteiger partial charge on any atom is 0.240 e. The minimum absolute atomic E-state index is 0.0123. The van der Waals surface area contributed by atoms with E-state index in [1.54, 1.807) is 6.33 Å². The normalized spacial score (nSPS) is 18.5. The Morgan fingerprint density at radius 2 is 1.83 bits per heavy atom. The van der Waals surface area contributed by atoms with Gasteiger partial charge in [0.25, 0.3) is 0 Å². The van der Waals surface area contributed by atoms with E-state index in [1.165, 1.54) is 5.56 Å². The fourth-order valence-corrected chi connectivity index (χ4v) is 5.05. The number of piperazine rings is 1. The van der Waals surface area contributed by atoms with E-state index >= 15 is 0 Å². The topological polar surface area (TPSA) is 90.5 Å². The first-order valence-corrected chi connectivity index (χ1v) is 12.8. The molecule has 1 aromatic carbocycles. The molecule has 1 aromatic heterocycles. The van der Waals surface area contributed by atoms with E-state index in [9.17, 15) is 9.59 Å². The fraction of sp³-hybridized carbons (Fsp3) is 0.538. The average Bonchev–Trinajstić information content (AvgIpc) is 3.23. The molecule has 2 amide bonds. The van der Waals surface area contributed by atoms with Crippen molar-refractivity contribution in [3.05, 3.63) is 52.4 Å². The molecule has 1 aliphatic heterocycles. The van der Waals surface area contributed by atoms with Crippen LogP contribution in [0.1, 0.15) is 49.9 Å². The van der Waals surface area contributed by atoms with Gasteiger partial charge in [-0.3, -0.25) is 14.9 Å². The molecule has 0 saturated carbocycles. The predicted octanol–water partition coefficient (Wildman–Crippen LogP) is 2.55. The van der Waals surface area contributed by atoms with Gasteiger partial charge in [-0.15, -0.1) is 0 Å². The number of hydrogen-bond donors (Lipinski definition) is 2. The Labute approximate surface area is 212 Å². The van der Waals surface area contributed by atoms with Crippen molar-refractivity contribution in [2.45, 2.75) is 58.0 Å². The molecule has 2 aromatic rings. The number of carbonyl (C=O) groups is 2. The summed E-state index contributed by atoms with van der Waals surface area (Å²) in [7, 11) is 0. The zero-order valence-electron chi connectivity index (χ0n) is 20.8. The molecule has 0 radical (unpaired) electrons. The quantitative estimate of drug-likeness (QED) is 0.581. The van der Waals surface area contributed by atoms with Crippen LogP contribution in [0.4, 0.5) is 5.82 Å². The van der Waals surface area contributed by atoms with Gasteiger partial charge in [0, 0.05) is 48.5 Å². The van der Waals surface area contributed by atoms with E-state index < -0.39 is 6.04 Å². The highest BCUT2D eigenvalue weighted by Crippen LogP contribution is 2.37. The highest BCUT2D eigenvalue weighted by Gasteiger charge is 2.31. The Bertz CT molecular complexity index is 1040. The van der Waals surface area contributed by atoms with Crippen LogP contribution in [0, 0.1) is 0 Å². The van der Waals surface area contributed by atoms with Crippen LogP contribution in [-0.2, 0) is 22.4 Å². The van der Waals surface area contributed by atoms with Gasteiger partial charge in [-0.1, -0.05) is 30.7 Å². The van der Waals surface area contributed by atoms with Gasteiger partial charge in [0.2, 0.25) is 11.8 Å². The van der Waals surface area contributed by atoms with Gasteiger partial charge in [0.1, 0.15) is 12.1 Å². The van der Waals surface area contributed by atoms with Crippen LogP contribution >= 0.6 is 11.6 Å². The van der Waals surface area contributed by atoms with Gasteiger partial charge >= 0.3 is 0 Å². The van der Waals surface area contributed by atoms with Crippen molar-refractivity contribution in [1.29, 1.82) is 0 Å². The smallest absolute Gasteiger partial charge is 0.240 e. The zero-order chi connectivity index (χ0) is 24.9. The number of hydrogen-bond acceptors (Lipinski definition) is 6. The second-order valence-electron chi connectivity index (χ2n) is 9.80. The van der Waals surface area contributed by atoms with Crippen LogP contribution < -0.4 is 15.5 Å². The van der Waals surface area contributed by atoms with E-state index in [2.05, 4.69) is 32.4 Å². The summed E-state index contributed by atoms with van der Waals surface area (Å²) in [6, 6.07) is 7.05. The minimum Gasteiger partial charge on any atom is -0.353 e. The van der Waals surface area contributed by atoms with Crippen LogP contribution in [0.25, 0.3) is 0 Å². The summed E-state index contributed by atoms with van der Waals surface area (Å²) in [6.07, 6.45) is 4.27. The number of nitrogens with one attached hydrogen (secondary N) is 2. The summed E-state index contributed by atoms with van der Waals surface area (Å²) in [5.74, 6) is 1.38. The Morgan fingerprint density at radius 1 is 1.11 bits per heavy atom. The number of rotatable bonds is 8. The first-order valence-electron chi connectivity index (χ1n) is 12.5. The van der Waals surface area contributed by atoms with Crippen LogP contribution in [0.5, 0.6) is 0 Å². The summed E-state index contributed by atoms with van der Waals surface area (Å²) in [6.45, 7) is 8.84. The Morgan fingerprint density at radius 3 is 2.51 bits per heavy atom. The van der Waals surface area contributed by atoms with Crippen molar-refractivity contribution in [2.24, 2.45) is 0 Å². The molecular weight excluding hydrogens is 464 g/mol. The third-order valence-electron chi connectivity index (χ3n) is 6.75. The molecule has 2 atom stereocenters. The summed E-state index contributed by atoms with van der Waals surface area (Å²) in [4.78, 5) is 39.1. The number of carbonyl (C=O) groups excluding carboxylic acids is 2. The number of halogens is 1. The molecule has 2 N–H and O–H groups in total. The average molecular weight is 499 g/mol. The molecule has 188 valence electrons. The largest absolute Gasteiger partial charge is 0.353 e. The molecule has 8 nitrogen and oxygen atoms in total. The molecule has 0 spiro atoms. The van der Waals surface area contributed by atoms with Gasteiger partial charge in [0.15, 0.2) is 0 Å². The third kappa shape index (κ3) is 6.30. The number of amides is 2.